The first kappa shape index (κ1) is 11.5. The van der Waals surface area contributed by atoms with Gasteiger partial charge in [0.1, 0.15) is 11.5 Å². The van der Waals surface area contributed by atoms with E-state index in [1.807, 2.05) is 6.92 Å². The minimum atomic E-state index is -0.138. The van der Waals surface area contributed by atoms with Crippen molar-refractivity contribution in [1.82, 2.24) is 0 Å². The van der Waals surface area contributed by atoms with Gasteiger partial charge in [-0.2, -0.15) is 0 Å². The van der Waals surface area contributed by atoms with E-state index in [-0.39, 0.29) is 12.3 Å². The van der Waals surface area contributed by atoms with Gasteiger partial charge in [0.25, 0.3) is 0 Å². The Kier molecular flexibility index (Phi) is 4.12. The molecule has 0 fully saturated rings. The summed E-state index contributed by atoms with van der Waals surface area (Å²) in [5, 5.41) is 0. The Morgan fingerprint density at radius 1 is 1.47 bits per heavy atom. The molecule has 0 radical (unpaired) electrons. The Labute approximate surface area is 89.0 Å². The summed E-state index contributed by atoms with van der Waals surface area (Å²) >= 11 is 0. The number of benzene rings is 1. The highest BCUT2D eigenvalue weighted by atomic mass is 16.5. The lowest BCUT2D eigenvalue weighted by molar-refractivity contribution is 0.0997. The van der Waals surface area contributed by atoms with E-state index in [4.69, 9.17) is 15.2 Å². The van der Waals surface area contributed by atoms with E-state index in [0.29, 0.717) is 23.7 Å². The Morgan fingerprint density at radius 2 is 2.20 bits per heavy atom. The molecule has 0 amide bonds. The molecule has 0 saturated heterocycles. The fraction of sp³-hybridized carbons (Fsp3) is 0.364. The highest BCUT2D eigenvalue weighted by Crippen LogP contribution is 2.25. The molecule has 0 aromatic heterocycles. The first-order valence-corrected chi connectivity index (χ1v) is 4.77. The van der Waals surface area contributed by atoms with Crippen LogP contribution in [-0.2, 0) is 0 Å². The highest BCUT2D eigenvalue weighted by Gasteiger charge is 2.11. The van der Waals surface area contributed by atoms with Crippen LogP contribution in [0.1, 0.15) is 17.3 Å². The zero-order valence-corrected chi connectivity index (χ0v) is 8.95. The zero-order chi connectivity index (χ0) is 11.3. The maximum atomic E-state index is 11.5. The fourth-order valence-electron chi connectivity index (χ4n) is 1.24. The largest absolute Gasteiger partial charge is 0.497 e. The number of ether oxygens (including phenoxy) is 2. The van der Waals surface area contributed by atoms with Crippen molar-refractivity contribution in [3.8, 4) is 11.5 Å². The molecule has 15 heavy (non-hydrogen) atoms. The number of nitrogens with two attached hydrogens (primary N) is 1. The maximum absolute atomic E-state index is 11.5. The molecule has 0 aliphatic carbocycles. The first-order valence-electron chi connectivity index (χ1n) is 4.77. The number of hydrogen-bond donors (Lipinski definition) is 1. The molecular formula is C11H15NO3. The van der Waals surface area contributed by atoms with Crippen molar-refractivity contribution >= 4 is 5.78 Å². The van der Waals surface area contributed by atoms with Gasteiger partial charge in [-0.15, -0.1) is 0 Å². The summed E-state index contributed by atoms with van der Waals surface area (Å²) < 4.78 is 10.4. The molecule has 82 valence electrons. The molecule has 0 unspecified atom stereocenters. The van der Waals surface area contributed by atoms with Crippen LogP contribution in [0.4, 0.5) is 0 Å². The zero-order valence-electron chi connectivity index (χ0n) is 8.95. The van der Waals surface area contributed by atoms with Crippen LogP contribution in [0.5, 0.6) is 11.5 Å². The van der Waals surface area contributed by atoms with Gasteiger partial charge >= 0.3 is 0 Å². The molecule has 0 saturated carbocycles. The lowest BCUT2D eigenvalue weighted by Gasteiger charge is -2.10. The van der Waals surface area contributed by atoms with E-state index in [1.54, 1.807) is 25.3 Å². The van der Waals surface area contributed by atoms with Crippen molar-refractivity contribution in [1.29, 1.82) is 0 Å². The number of carbonyl (C=O) groups excluding carboxylic acids is 1. The summed E-state index contributed by atoms with van der Waals surface area (Å²) in [4.78, 5) is 11.5. The first-order chi connectivity index (χ1) is 7.22. The number of carbonyl (C=O) groups is 1. The molecule has 0 spiro atoms. The van der Waals surface area contributed by atoms with Crippen LogP contribution in [0.25, 0.3) is 0 Å². The smallest absolute Gasteiger partial charge is 0.180 e. The van der Waals surface area contributed by atoms with Crippen molar-refractivity contribution in [3.63, 3.8) is 0 Å². The Bertz CT molecular complexity index is 350. The maximum Gasteiger partial charge on any atom is 0.180 e. The quantitative estimate of drug-likeness (QED) is 0.741. The summed E-state index contributed by atoms with van der Waals surface area (Å²) in [6.07, 6.45) is 0. The predicted octanol–water partition coefficient (Wildman–Crippen LogP) is 1.24. The summed E-state index contributed by atoms with van der Waals surface area (Å²) in [7, 11) is 1.56. The number of ketones is 1. The average molecular weight is 209 g/mol. The van der Waals surface area contributed by atoms with E-state index in [0.717, 1.165) is 0 Å². The van der Waals surface area contributed by atoms with Crippen molar-refractivity contribution in [2.75, 3.05) is 20.3 Å². The SMILES string of the molecule is CCOc1cc(OC)ccc1C(=O)CN. The van der Waals surface area contributed by atoms with E-state index in [9.17, 15) is 4.79 Å². The van der Waals surface area contributed by atoms with Gasteiger partial charge in [-0.25, -0.2) is 0 Å². The van der Waals surface area contributed by atoms with Crippen molar-refractivity contribution in [2.24, 2.45) is 5.73 Å². The fourth-order valence-corrected chi connectivity index (χ4v) is 1.24. The summed E-state index contributed by atoms with van der Waals surface area (Å²) in [6, 6.07) is 5.07. The van der Waals surface area contributed by atoms with Crippen LogP contribution in [0.15, 0.2) is 18.2 Å². The molecule has 1 rings (SSSR count). The topological polar surface area (TPSA) is 61.5 Å². The van der Waals surface area contributed by atoms with E-state index in [1.165, 1.54) is 0 Å². The second-order valence-corrected chi connectivity index (χ2v) is 2.92. The molecule has 1 aromatic rings. The molecule has 0 bridgehead atoms. The Balaban J connectivity index is 3.08. The second-order valence-electron chi connectivity index (χ2n) is 2.92. The number of Topliss-reactive ketones (excluding diaryl/α,β-unsaturated/α-hetero) is 1. The lowest BCUT2D eigenvalue weighted by Crippen LogP contribution is -2.15. The van der Waals surface area contributed by atoms with E-state index >= 15 is 0 Å². The molecule has 0 aliphatic rings. The van der Waals surface area contributed by atoms with Gasteiger partial charge < -0.3 is 15.2 Å². The van der Waals surface area contributed by atoms with Crippen LogP contribution in [-0.4, -0.2) is 26.0 Å². The summed E-state index contributed by atoms with van der Waals surface area (Å²) in [5.74, 6) is 1.04. The molecule has 1 aromatic carbocycles. The van der Waals surface area contributed by atoms with Gasteiger partial charge in [-0.05, 0) is 19.1 Å². The minimum absolute atomic E-state index is 0.0214. The second kappa shape index (κ2) is 5.36. The number of methoxy groups -OCH3 is 1. The third kappa shape index (κ3) is 2.70. The average Bonchev–Trinajstić information content (AvgIpc) is 2.28. The highest BCUT2D eigenvalue weighted by molar-refractivity contribution is 6.00. The van der Waals surface area contributed by atoms with Crippen molar-refractivity contribution in [2.45, 2.75) is 6.92 Å². The monoisotopic (exact) mass is 209 g/mol. The molecule has 0 heterocycles. The van der Waals surface area contributed by atoms with Gasteiger partial charge in [0, 0.05) is 6.07 Å². The van der Waals surface area contributed by atoms with Gasteiger partial charge in [0.15, 0.2) is 5.78 Å². The Hall–Kier alpha value is -1.55. The van der Waals surface area contributed by atoms with Crippen molar-refractivity contribution < 1.29 is 14.3 Å². The Morgan fingerprint density at radius 3 is 2.73 bits per heavy atom. The van der Waals surface area contributed by atoms with Gasteiger partial charge in [0.2, 0.25) is 0 Å². The number of hydrogen-bond acceptors (Lipinski definition) is 4. The third-order valence-corrected chi connectivity index (χ3v) is 1.97. The molecule has 4 heteroatoms. The summed E-state index contributed by atoms with van der Waals surface area (Å²) in [6.45, 7) is 2.33. The van der Waals surface area contributed by atoms with Gasteiger partial charge in [0.05, 0.1) is 25.8 Å². The lowest BCUT2D eigenvalue weighted by atomic mass is 10.1. The third-order valence-electron chi connectivity index (χ3n) is 1.97. The van der Waals surface area contributed by atoms with E-state index < -0.39 is 0 Å². The predicted molar refractivity (Wildman–Crippen MR) is 57.5 cm³/mol. The van der Waals surface area contributed by atoms with Crippen LogP contribution >= 0.6 is 0 Å². The molecular weight excluding hydrogens is 194 g/mol. The molecule has 2 N–H and O–H groups in total. The molecule has 0 atom stereocenters. The van der Waals surface area contributed by atoms with Gasteiger partial charge in [-0.1, -0.05) is 0 Å². The minimum Gasteiger partial charge on any atom is -0.497 e. The van der Waals surface area contributed by atoms with Crippen molar-refractivity contribution in [3.05, 3.63) is 23.8 Å². The normalized spacial score (nSPS) is 9.80. The van der Waals surface area contributed by atoms with Crippen LogP contribution in [0.3, 0.4) is 0 Å². The van der Waals surface area contributed by atoms with Gasteiger partial charge in [-0.3, -0.25) is 4.79 Å². The summed E-state index contributed by atoms with van der Waals surface area (Å²) in [5.41, 5.74) is 5.80. The standard InChI is InChI=1S/C11H15NO3/c1-3-15-11-6-8(14-2)4-5-9(11)10(13)7-12/h4-6H,3,7,12H2,1-2H3. The van der Waals surface area contributed by atoms with Crippen LogP contribution in [0.2, 0.25) is 0 Å². The van der Waals surface area contributed by atoms with Crippen LogP contribution < -0.4 is 15.2 Å². The molecule has 4 nitrogen and oxygen atoms in total. The van der Waals surface area contributed by atoms with E-state index in [2.05, 4.69) is 0 Å². The molecule has 0 aliphatic heterocycles. The van der Waals surface area contributed by atoms with Crippen LogP contribution in [0, 0.1) is 0 Å². The number of rotatable bonds is 5.